The number of anilines is 1. The van der Waals surface area contributed by atoms with E-state index in [4.69, 9.17) is 11.6 Å². The van der Waals surface area contributed by atoms with E-state index in [9.17, 15) is 18.0 Å². The molecule has 0 bridgehead atoms. The highest BCUT2D eigenvalue weighted by Gasteiger charge is 2.36. The first-order chi connectivity index (χ1) is 21.3. The van der Waals surface area contributed by atoms with Crippen molar-refractivity contribution in [3.05, 3.63) is 130 Å². The average Bonchev–Trinajstić information content (AvgIpc) is 2.99. The number of sulfonamides is 1. The summed E-state index contributed by atoms with van der Waals surface area (Å²) in [5, 5.41) is 3.41. The standard InChI is InChI=1S/C36H40ClN3O4S/c1-26-19-21-30(22-20-26)45(43,44)40(32-18-12-17-31(37)27(32)2)25-34(41)39(24-29-15-10-7-11-16-29)33(35(42)38-36(3,4)5)23-28-13-8-6-9-14-28/h6-22,33H,23-25H2,1-5H3,(H,38,42)/t33-/m1/s1. The zero-order chi connectivity index (χ0) is 32.8. The Labute approximate surface area is 271 Å². The van der Waals surface area contributed by atoms with E-state index in [2.05, 4.69) is 5.32 Å². The Morgan fingerprint density at radius 2 is 1.38 bits per heavy atom. The van der Waals surface area contributed by atoms with E-state index < -0.39 is 34.1 Å². The number of hydrogen-bond acceptors (Lipinski definition) is 4. The third-order valence-corrected chi connectivity index (χ3v) is 9.54. The van der Waals surface area contributed by atoms with E-state index in [1.807, 2.05) is 88.4 Å². The van der Waals surface area contributed by atoms with Crippen molar-refractivity contribution in [3.63, 3.8) is 0 Å². The number of amides is 2. The zero-order valence-corrected chi connectivity index (χ0v) is 27.9. The second-order valence-electron chi connectivity index (χ2n) is 12.2. The van der Waals surface area contributed by atoms with Crippen LogP contribution in [0.3, 0.4) is 0 Å². The first-order valence-electron chi connectivity index (χ1n) is 14.8. The lowest BCUT2D eigenvalue weighted by molar-refractivity contribution is -0.140. The Morgan fingerprint density at radius 3 is 1.96 bits per heavy atom. The van der Waals surface area contributed by atoms with E-state index in [0.29, 0.717) is 10.6 Å². The summed E-state index contributed by atoms with van der Waals surface area (Å²) in [6, 6.07) is 29.4. The number of benzene rings is 4. The van der Waals surface area contributed by atoms with Gasteiger partial charge in [-0.25, -0.2) is 8.42 Å². The van der Waals surface area contributed by atoms with Crippen LogP contribution >= 0.6 is 11.6 Å². The monoisotopic (exact) mass is 645 g/mol. The van der Waals surface area contributed by atoms with Crippen LogP contribution in [-0.4, -0.2) is 43.3 Å². The van der Waals surface area contributed by atoms with Gasteiger partial charge in [-0.05, 0) is 75.6 Å². The lowest BCUT2D eigenvalue weighted by Gasteiger charge is -2.35. The minimum absolute atomic E-state index is 0.0428. The van der Waals surface area contributed by atoms with Crippen LogP contribution in [0.15, 0.2) is 108 Å². The van der Waals surface area contributed by atoms with Gasteiger partial charge in [-0.3, -0.25) is 13.9 Å². The van der Waals surface area contributed by atoms with Gasteiger partial charge in [0.15, 0.2) is 0 Å². The van der Waals surface area contributed by atoms with Crippen molar-refractivity contribution in [1.29, 1.82) is 0 Å². The molecule has 0 spiro atoms. The number of aryl methyl sites for hydroxylation is 1. The molecule has 7 nitrogen and oxygen atoms in total. The minimum Gasteiger partial charge on any atom is -0.350 e. The molecule has 9 heteroatoms. The molecule has 0 aliphatic rings. The van der Waals surface area contributed by atoms with Crippen LogP contribution in [0, 0.1) is 13.8 Å². The maximum Gasteiger partial charge on any atom is 0.264 e. The van der Waals surface area contributed by atoms with Crippen LogP contribution in [0.5, 0.6) is 0 Å². The number of carbonyl (C=O) groups is 2. The molecule has 0 aromatic heterocycles. The van der Waals surface area contributed by atoms with Crippen LogP contribution in [0.4, 0.5) is 5.69 Å². The van der Waals surface area contributed by atoms with Gasteiger partial charge in [0.2, 0.25) is 11.8 Å². The van der Waals surface area contributed by atoms with Gasteiger partial charge in [0.05, 0.1) is 10.6 Å². The largest absolute Gasteiger partial charge is 0.350 e. The number of hydrogen-bond donors (Lipinski definition) is 1. The Morgan fingerprint density at radius 1 is 0.800 bits per heavy atom. The highest BCUT2D eigenvalue weighted by Crippen LogP contribution is 2.31. The fourth-order valence-corrected chi connectivity index (χ4v) is 6.65. The fourth-order valence-electron chi connectivity index (χ4n) is 5.00. The van der Waals surface area contributed by atoms with Crippen molar-refractivity contribution in [1.82, 2.24) is 10.2 Å². The third-order valence-electron chi connectivity index (χ3n) is 7.36. The van der Waals surface area contributed by atoms with Gasteiger partial charge in [0.1, 0.15) is 12.6 Å². The molecule has 1 atom stereocenters. The molecule has 4 aromatic carbocycles. The molecule has 0 aliphatic heterocycles. The average molecular weight is 646 g/mol. The zero-order valence-electron chi connectivity index (χ0n) is 26.3. The van der Waals surface area contributed by atoms with Crippen LogP contribution in [0.2, 0.25) is 5.02 Å². The first kappa shape index (κ1) is 33.7. The lowest BCUT2D eigenvalue weighted by Crippen LogP contribution is -2.56. The van der Waals surface area contributed by atoms with Crippen molar-refractivity contribution < 1.29 is 18.0 Å². The highest BCUT2D eigenvalue weighted by atomic mass is 35.5. The molecule has 0 aliphatic carbocycles. The van der Waals surface area contributed by atoms with Crippen molar-refractivity contribution in [2.75, 3.05) is 10.8 Å². The fraction of sp³-hybridized carbons (Fsp3) is 0.278. The van der Waals surface area contributed by atoms with Gasteiger partial charge in [-0.1, -0.05) is 96.0 Å². The van der Waals surface area contributed by atoms with Gasteiger partial charge in [-0.15, -0.1) is 0 Å². The summed E-state index contributed by atoms with van der Waals surface area (Å²) in [5.41, 5.74) is 2.81. The molecular weight excluding hydrogens is 606 g/mol. The maximum absolute atomic E-state index is 14.6. The van der Waals surface area contributed by atoms with E-state index in [1.165, 1.54) is 17.0 Å². The number of halogens is 1. The van der Waals surface area contributed by atoms with Gasteiger partial charge in [-0.2, -0.15) is 0 Å². The van der Waals surface area contributed by atoms with Gasteiger partial charge in [0.25, 0.3) is 10.0 Å². The highest BCUT2D eigenvalue weighted by molar-refractivity contribution is 7.92. The molecule has 0 saturated carbocycles. The van der Waals surface area contributed by atoms with Crippen LogP contribution < -0.4 is 9.62 Å². The molecule has 2 amide bonds. The number of rotatable bonds is 11. The first-order valence-corrected chi connectivity index (χ1v) is 16.6. The second kappa shape index (κ2) is 14.3. The van der Waals surface area contributed by atoms with Crippen molar-refractivity contribution in [2.24, 2.45) is 0 Å². The minimum atomic E-state index is -4.22. The summed E-state index contributed by atoms with van der Waals surface area (Å²) >= 11 is 6.46. The normalized spacial score (nSPS) is 12.3. The molecule has 4 rings (SSSR count). The van der Waals surface area contributed by atoms with Crippen molar-refractivity contribution in [2.45, 2.75) is 64.1 Å². The quantitative estimate of drug-likeness (QED) is 0.197. The Kier molecular flexibility index (Phi) is 10.7. The number of carbonyl (C=O) groups excluding carboxylic acids is 2. The van der Waals surface area contributed by atoms with E-state index in [-0.39, 0.29) is 29.5 Å². The maximum atomic E-state index is 14.6. The molecule has 0 fully saturated rings. The predicted molar refractivity (Wildman–Crippen MR) is 181 cm³/mol. The van der Waals surface area contributed by atoms with Crippen LogP contribution in [0.1, 0.15) is 43.0 Å². The molecule has 0 unspecified atom stereocenters. The van der Waals surface area contributed by atoms with E-state index >= 15 is 0 Å². The molecular formula is C36H40ClN3O4S. The number of nitrogens with zero attached hydrogens (tertiary/aromatic N) is 2. The summed E-state index contributed by atoms with van der Waals surface area (Å²) in [4.78, 5) is 30.0. The van der Waals surface area contributed by atoms with E-state index in [0.717, 1.165) is 21.0 Å². The summed E-state index contributed by atoms with van der Waals surface area (Å²) in [6.07, 6.45) is 0.238. The molecule has 1 N–H and O–H groups in total. The van der Waals surface area contributed by atoms with Gasteiger partial charge >= 0.3 is 0 Å². The Bertz CT molecular complexity index is 1720. The predicted octanol–water partition coefficient (Wildman–Crippen LogP) is 6.71. The van der Waals surface area contributed by atoms with E-state index in [1.54, 1.807) is 37.3 Å². The summed E-state index contributed by atoms with van der Waals surface area (Å²) in [7, 11) is -4.22. The Hall–Kier alpha value is -4.14. The molecule has 0 saturated heterocycles. The third kappa shape index (κ3) is 8.74. The van der Waals surface area contributed by atoms with Gasteiger partial charge < -0.3 is 10.2 Å². The number of nitrogens with one attached hydrogen (secondary N) is 1. The summed E-state index contributed by atoms with van der Waals surface area (Å²) in [5.74, 6) is -0.860. The summed E-state index contributed by atoms with van der Waals surface area (Å²) in [6.45, 7) is 8.79. The van der Waals surface area contributed by atoms with Crippen LogP contribution in [-0.2, 0) is 32.6 Å². The smallest absolute Gasteiger partial charge is 0.264 e. The van der Waals surface area contributed by atoms with Crippen LogP contribution in [0.25, 0.3) is 0 Å². The molecule has 45 heavy (non-hydrogen) atoms. The topological polar surface area (TPSA) is 86.8 Å². The molecule has 0 radical (unpaired) electrons. The van der Waals surface area contributed by atoms with Gasteiger partial charge in [0, 0.05) is 23.5 Å². The SMILES string of the molecule is Cc1ccc(S(=O)(=O)N(CC(=O)N(Cc2ccccc2)[C@H](Cc2ccccc2)C(=O)NC(C)(C)C)c2cccc(Cl)c2C)cc1. The van der Waals surface area contributed by atoms with Crippen molar-refractivity contribution >= 4 is 39.1 Å². The molecule has 0 heterocycles. The molecule has 4 aromatic rings. The van der Waals surface area contributed by atoms with Crippen molar-refractivity contribution in [3.8, 4) is 0 Å². The Balaban J connectivity index is 1.83. The molecule has 236 valence electrons. The lowest BCUT2D eigenvalue weighted by atomic mass is 10.0. The second-order valence-corrected chi connectivity index (χ2v) is 14.4. The summed E-state index contributed by atoms with van der Waals surface area (Å²) < 4.78 is 29.6.